The third-order valence-corrected chi connectivity index (χ3v) is 6.79. The molecule has 5 nitrogen and oxygen atoms in total. The summed E-state index contributed by atoms with van der Waals surface area (Å²) in [7, 11) is 1.97. The fourth-order valence-corrected chi connectivity index (χ4v) is 4.58. The summed E-state index contributed by atoms with van der Waals surface area (Å²) in [6.07, 6.45) is 8.79. The van der Waals surface area contributed by atoms with Crippen LogP contribution in [0, 0.1) is 5.92 Å². The van der Waals surface area contributed by atoms with Crippen molar-refractivity contribution >= 4 is 0 Å². The maximum absolute atomic E-state index is 12.0. The molecule has 1 saturated heterocycles. The fourth-order valence-electron chi connectivity index (χ4n) is 4.58. The largest absolute Gasteiger partial charge is 0.490 e. The van der Waals surface area contributed by atoms with E-state index in [0.29, 0.717) is 18.9 Å². The van der Waals surface area contributed by atoms with Crippen LogP contribution in [0.25, 0.3) is 11.1 Å². The van der Waals surface area contributed by atoms with Gasteiger partial charge in [-0.2, -0.15) is 5.10 Å². The average molecular weight is 476 g/mol. The zero-order chi connectivity index (χ0) is 24.3. The molecule has 1 N–H and O–H groups in total. The molecule has 2 aliphatic rings. The summed E-state index contributed by atoms with van der Waals surface area (Å²) >= 11 is 0. The number of H-pyrrole nitrogens is 1. The summed E-state index contributed by atoms with van der Waals surface area (Å²) in [5.74, 6) is 0.578. The zero-order valence-electron chi connectivity index (χ0n) is 20.6. The Kier molecular flexibility index (Phi) is 10.5. The second-order valence-electron chi connectivity index (χ2n) is 9.57. The maximum atomic E-state index is 12.0. The summed E-state index contributed by atoms with van der Waals surface area (Å²) < 4.78 is 30.1. The van der Waals surface area contributed by atoms with Crippen LogP contribution in [0.15, 0.2) is 35.1 Å². The molecule has 0 spiro atoms. The highest BCUT2D eigenvalue weighted by Gasteiger charge is 2.24. The monoisotopic (exact) mass is 475 g/mol. The number of halogens is 2. The molecule has 1 aliphatic heterocycles. The molecule has 2 aromatic rings. The highest BCUT2D eigenvalue weighted by molar-refractivity contribution is 5.66. The first-order valence-electron chi connectivity index (χ1n) is 12.8. The minimum absolute atomic E-state index is 0.159. The first kappa shape index (κ1) is 26.3. The molecule has 0 atom stereocenters. The molecule has 4 rings (SSSR count). The Morgan fingerprint density at radius 1 is 1.09 bits per heavy atom. The second kappa shape index (κ2) is 13.6. The van der Waals surface area contributed by atoms with Crippen molar-refractivity contribution in [3.8, 4) is 16.9 Å². The highest BCUT2D eigenvalue weighted by Crippen LogP contribution is 2.27. The van der Waals surface area contributed by atoms with Crippen LogP contribution >= 0.6 is 0 Å². The van der Waals surface area contributed by atoms with Crippen molar-refractivity contribution in [2.45, 2.75) is 83.7 Å². The quantitative estimate of drug-likeness (QED) is 0.527. The molecule has 2 heterocycles. The third-order valence-electron chi connectivity index (χ3n) is 6.79. The van der Waals surface area contributed by atoms with Gasteiger partial charge in [-0.05, 0) is 89.2 Å². The summed E-state index contributed by atoms with van der Waals surface area (Å²) in [5.41, 5.74) is 2.75. The van der Waals surface area contributed by atoms with Gasteiger partial charge in [0.1, 0.15) is 5.75 Å². The van der Waals surface area contributed by atoms with E-state index in [-0.39, 0.29) is 11.5 Å². The zero-order valence-corrected chi connectivity index (χ0v) is 20.6. The minimum atomic E-state index is -2.10. The van der Waals surface area contributed by atoms with Gasteiger partial charge in [-0.1, -0.05) is 31.9 Å². The van der Waals surface area contributed by atoms with Gasteiger partial charge < -0.3 is 9.64 Å². The van der Waals surface area contributed by atoms with Gasteiger partial charge in [0.15, 0.2) is 0 Å². The molecule has 2 fully saturated rings. The predicted octanol–water partition coefficient (Wildman–Crippen LogP) is 6.08. The number of likely N-dealkylation sites (tertiary alicyclic amines) is 1. The number of benzene rings is 1. The topological polar surface area (TPSA) is 58.2 Å². The van der Waals surface area contributed by atoms with Gasteiger partial charge in [0.2, 0.25) is 6.43 Å². The smallest absolute Gasteiger partial charge is 0.264 e. The van der Waals surface area contributed by atoms with E-state index in [4.69, 9.17) is 4.74 Å². The van der Waals surface area contributed by atoms with Crippen LogP contribution in [-0.4, -0.2) is 47.8 Å². The molecule has 34 heavy (non-hydrogen) atoms. The van der Waals surface area contributed by atoms with Crippen molar-refractivity contribution in [1.29, 1.82) is 0 Å². The average Bonchev–Trinajstić information content (AvgIpc) is 2.85. The number of aromatic amines is 1. The van der Waals surface area contributed by atoms with Crippen molar-refractivity contribution in [1.82, 2.24) is 15.1 Å². The van der Waals surface area contributed by atoms with Crippen molar-refractivity contribution in [2.24, 2.45) is 5.92 Å². The van der Waals surface area contributed by atoms with E-state index in [1.54, 1.807) is 6.07 Å². The number of hydrogen-bond acceptors (Lipinski definition) is 4. The molecule has 1 saturated carbocycles. The number of rotatable bonds is 7. The summed E-state index contributed by atoms with van der Waals surface area (Å²) in [5, 5.41) is 6.79. The van der Waals surface area contributed by atoms with Crippen molar-refractivity contribution < 1.29 is 13.5 Å². The van der Waals surface area contributed by atoms with Crippen LogP contribution < -0.4 is 10.3 Å². The molecule has 188 valence electrons. The molecule has 1 aliphatic carbocycles. The van der Waals surface area contributed by atoms with E-state index >= 15 is 0 Å². The normalized spacial score (nSPS) is 17.9. The van der Waals surface area contributed by atoms with Gasteiger partial charge in [0.05, 0.1) is 11.8 Å². The number of ether oxygens (including phenoxy) is 1. The van der Waals surface area contributed by atoms with Gasteiger partial charge in [-0.15, -0.1) is 0 Å². The standard InChI is InChI=1S/C20H26N2O2.C7H13F2N/c1-2-3-9-19-18(14-20(23)22-21-19)15-10-12-17(13-11-15)24-16-7-5-4-6-8-16;1-10-4-2-6(3-5-10)7(8)9/h10-14,16H,2-9H2,1H3,(H,22,23);6-7H,2-5H2,1H3. The van der Waals surface area contributed by atoms with E-state index in [1.165, 1.54) is 19.3 Å². The molecule has 0 unspecified atom stereocenters. The van der Waals surface area contributed by atoms with E-state index in [2.05, 4.69) is 22.0 Å². The van der Waals surface area contributed by atoms with Crippen LogP contribution in [0.1, 0.15) is 70.4 Å². The van der Waals surface area contributed by atoms with Crippen molar-refractivity contribution in [3.63, 3.8) is 0 Å². The van der Waals surface area contributed by atoms with E-state index < -0.39 is 6.43 Å². The Morgan fingerprint density at radius 2 is 1.76 bits per heavy atom. The molecule has 1 aromatic carbocycles. The lowest BCUT2D eigenvalue weighted by molar-refractivity contribution is 0.0407. The number of unbranched alkanes of at least 4 members (excludes halogenated alkanes) is 1. The molecule has 0 radical (unpaired) electrons. The summed E-state index contributed by atoms with van der Waals surface area (Å²) in [6, 6.07) is 9.73. The number of nitrogens with one attached hydrogen (secondary N) is 1. The van der Waals surface area contributed by atoms with E-state index in [9.17, 15) is 13.6 Å². The van der Waals surface area contributed by atoms with E-state index in [1.807, 2.05) is 31.3 Å². The van der Waals surface area contributed by atoms with Crippen LogP contribution in [0.3, 0.4) is 0 Å². The molecular formula is C27H39F2N3O2. The van der Waals surface area contributed by atoms with Crippen LogP contribution in [-0.2, 0) is 6.42 Å². The molecule has 1 aromatic heterocycles. The van der Waals surface area contributed by atoms with Gasteiger partial charge in [-0.3, -0.25) is 4.79 Å². The molecule has 0 amide bonds. The van der Waals surface area contributed by atoms with E-state index in [0.717, 1.165) is 67.8 Å². The number of aromatic nitrogens is 2. The Bertz CT molecular complexity index is 903. The lowest BCUT2D eigenvalue weighted by atomic mass is 9.97. The maximum Gasteiger partial charge on any atom is 0.264 e. The highest BCUT2D eigenvalue weighted by atomic mass is 19.3. The molecule has 0 bridgehead atoms. The van der Waals surface area contributed by atoms with Crippen molar-refractivity contribution in [2.75, 3.05) is 20.1 Å². The van der Waals surface area contributed by atoms with Crippen LogP contribution in [0.2, 0.25) is 0 Å². The number of nitrogens with zero attached hydrogens (tertiary/aromatic N) is 2. The first-order valence-corrected chi connectivity index (χ1v) is 12.8. The lowest BCUT2D eigenvalue weighted by Crippen LogP contribution is -2.32. The van der Waals surface area contributed by atoms with Gasteiger partial charge in [0, 0.05) is 17.5 Å². The molecule has 7 heteroatoms. The molecular weight excluding hydrogens is 436 g/mol. The Balaban J connectivity index is 0.000000271. The second-order valence-corrected chi connectivity index (χ2v) is 9.57. The number of aryl methyl sites for hydroxylation is 1. The number of alkyl halides is 2. The van der Waals surface area contributed by atoms with Crippen LogP contribution in [0.4, 0.5) is 8.78 Å². The number of piperidine rings is 1. The SMILES string of the molecule is CCCCc1n[nH]c(=O)cc1-c1ccc(OC2CCCCC2)cc1.CN1CCC(C(F)F)CC1. The Labute approximate surface area is 201 Å². The van der Waals surface area contributed by atoms with Crippen molar-refractivity contribution in [3.05, 3.63) is 46.4 Å². The summed E-state index contributed by atoms with van der Waals surface area (Å²) in [6.45, 7) is 3.81. The van der Waals surface area contributed by atoms with Crippen LogP contribution in [0.5, 0.6) is 5.75 Å². The lowest BCUT2D eigenvalue weighted by Gasteiger charge is -2.28. The van der Waals surface area contributed by atoms with Gasteiger partial charge in [0.25, 0.3) is 5.56 Å². The van der Waals surface area contributed by atoms with Gasteiger partial charge in [-0.25, -0.2) is 13.9 Å². The predicted molar refractivity (Wildman–Crippen MR) is 133 cm³/mol. The fraction of sp³-hybridized carbons (Fsp3) is 0.630. The first-order chi connectivity index (χ1) is 16.5. The Hall–Kier alpha value is -2.28. The Morgan fingerprint density at radius 3 is 2.38 bits per heavy atom. The summed E-state index contributed by atoms with van der Waals surface area (Å²) in [4.78, 5) is 13.8. The third kappa shape index (κ3) is 8.19. The minimum Gasteiger partial charge on any atom is -0.490 e. The van der Waals surface area contributed by atoms with Gasteiger partial charge >= 0.3 is 0 Å². The number of hydrogen-bond donors (Lipinski definition) is 1.